The molecule has 3 aliphatic heterocycles. The number of nitrogens with zero attached hydrogens (tertiary/aromatic N) is 4. The third-order valence-electron chi connectivity index (χ3n) is 6.97. The van der Waals surface area contributed by atoms with Crippen molar-refractivity contribution in [1.29, 1.82) is 0 Å². The number of carbonyl (C=O) groups excluding carboxylic acids is 1. The van der Waals surface area contributed by atoms with Gasteiger partial charge in [0.25, 0.3) is 5.91 Å². The van der Waals surface area contributed by atoms with Crippen molar-refractivity contribution in [2.24, 2.45) is 21.5 Å². The van der Waals surface area contributed by atoms with Crippen LogP contribution in [0.3, 0.4) is 0 Å². The Morgan fingerprint density at radius 2 is 1.85 bits per heavy atom. The number of fused-ring (bicyclic) bond motifs is 2. The first-order valence-corrected chi connectivity index (χ1v) is 12.2. The van der Waals surface area contributed by atoms with Crippen molar-refractivity contribution in [3.8, 4) is 11.5 Å². The van der Waals surface area contributed by atoms with E-state index in [2.05, 4.69) is 20.9 Å². The zero-order valence-corrected chi connectivity index (χ0v) is 20.2. The molecule has 9 nitrogen and oxygen atoms in total. The molecule has 1 amide bonds. The van der Waals surface area contributed by atoms with E-state index in [1.54, 1.807) is 0 Å². The first-order chi connectivity index (χ1) is 16.4. The van der Waals surface area contributed by atoms with Crippen molar-refractivity contribution in [1.82, 2.24) is 4.90 Å². The van der Waals surface area contributed by atoms with E-state index in [1.165, 1.54) is 0 Å². The third kappa shape index (κ3) is 3.39. The predicted octanol–water partition coefficient (Wildman–Crippen LogP) is 3.44. The molecule has 4 aliphatic rings. The van der Waals surface area contributed by atoms with Crippen LogP contribution in [0.25, 0.3) is 0 Å². The van der Waals surface area contributed by atoms with Crippen LogP contribution in [0, 0.1) is 0 Å². The molecule has 2 aromatic carbocycles. The topological polar surface area (TPSA) is 119 Å². The molecule has 0 aromatic heterocycles. The Morgan fingerprint density at radius 3 is 2.68 bits per heavy atom. The first-order valence-electron chi connectivity index (χ1n) is 11.4. The van der Waals surface area contributed by atoms with Crippen molar-refractivity contribution in [2.45, 2.75) is 50.9 Å². The molecule has 4 N–H and O–H groups in total. The van der Waals surface area contributed by atoms with Crippen molar-refractivity contribution >= 4 is 39.4 Å². The Hall–Kier alpha value is -3.27. The van der Waals surface area contributed by atoms with Crippen LogP contribution >= 0.6 is 15.9 Å². The molecule has 34 heavy (non-hydrogen) atoms. The fourth-order valence-electron chi connectivity index (χ4n) is 5.42. The maximum atomic E-state index is 13.4. The number of anilines is 1. The molecular weight excluding hydrogens is 500 g/mol. The summed E-state index contributed by atoms with van der Waals surface area (Å²) in [6.45, 7) is 1.22. The molecule has 1 saturated carbocycles. The van der Waals surface area contributed by atoms with Gasteiger partial charge >= 0.3 is 0 Å². The standard InChI is InChI=1S/C24H25BrN6O3/c25-18-10-15(31-23(27)28-22(26)29-24(31)6-2-1-3-7-24)9-16-17(18)12-30(21(16)32)11-14-4-5-19-20(8-14)34-13-33-19/h4-5,8-10H,1-3,6-7,11-13H2,(H4,26,27,28,29). The van der Waals surface area contributed by atoms with Gasteiger partial charge in [-0.1, -0.05) is 28.4 Å². The minimum atomic E-state index is -0.560. The maximum Gasteiger partial charge on any atom is 0.254 e. The highest BCUT2D eigenvalue weighted by Gasteiger charge is 2.43. The van der Waals surface area contributed by atoms with Crippen LogP contribution in [0.2, 0.25) is 0 Å². The van der Waals surface area contributed by atoms with E-state index in [-0.39, 0.29) is 18.7 Å². The number of aliphatic imine (C=N–C) groups is 2. The molecule has 10 heteroatoms. The van der Waals surface area contributed by atoms with Gasteiger partial charge in [-0.25, -0.2) is 4.99 Å². The highest BCUT2D eigenvalue weighted by molar-refractivity contribution is 9.10. The molecule has 3 heterocycles. The SMILES string of the molecule is NC1=NC2(CCCCC2)N(c2cc(Br)c3c(c2)C(=O)N(Cc2ccc4c(c2)OCO4)C3)C(N)=N1. The lowest BCUT2D eigenvalue weighted by Gasteiger charge is -2.45. The van der Waals surface area contributed by atoms with Crippen LogP contribution in [-0.4, -0.2) is 35.2 Å². The minimum Gasteiger partial charge on any atom is -0.454 e. The largest absolute Gasteiger partial charge is 0.454 e. The molecule has 1 aliphatic carbocycles. The normalized spacial score (nSPS) is 20.4. The summed E-state index contributed by atoms with van der Waals surface area (Å²) in [5.74, 6) is 1.93. The Morgan fingerprint density at radius 1 is 1.06 bits per heavy atom. The molecule has 0 unspecified atom stereocenters. The van der Waals surface area contributed by atoms with Crippen LogP contribution in [0.5, 0.6) is 11.5 Å². The van der Waals surface area contributed by atoms with E-state index in [9.17, 15) is 4.79 Å². The van der Waals surface area contributed by atoms with Gasteiger partial charge in [-0.15, -0.1) is 0 Å². The number of rotatable bonds is 3. The zero-order chi connectivity index (χ0) is 23.4. The second-order valence-corrected chi connectivity index (χ2v) is 9.98. The van der Waals surface area contributed by atoms with Gasteiger partial charge in [0.1, 0.15) is 5.66 Å². The highest BCUT2D eigenvalue weighted by atomic mass is 79.9. The second kappa shape index (κ2) is 7.90. The van der Waals surface area contributed by atoms with Gasteiger partial charge in [0.2, 0.25) is 18.7 Å². The third-order valence-corrected chi connectivity index (χ3v) is 7.67. The van der Waals surface area contributed by atoms with Crippen molar-refractivity contribution in [3.05, 3.63) is 51.5 Å². The summed E-state index contributed by atoms with van der Waals surface area (Å²) in [7, 11) is 0. The molecule has 0 radical (unpaired) electrons. The van der Waals surface area contributed by atoms with Crippen molar-refractivity contribution in [2.75, 3.05) is 11.7 Å². The molecule has 0 bridgehead atoms. The number of nitrogens with two attached hydrogens (primary N) is 2. The lowest BCUT2D eigenvalue weighted by Crippen LogP contribution is -2.58. The van der Waals surface area contributed by atoms with Crippen LogP contribution in [-0.2, 0) is 13.1 Å². The number of hydrogen-bond donors (Lipinski definition) is 2. The molecule has 2 aromatic rings. The average Bonchev–Trinajstić information content (AvgIpc) is 3.39. The Bertz CT molecular complexity index is 1250. The quantitative estimate of drug-likeness (QED) is 0.634. The second-order valence-electron chi connectivity index (χ2n) is 9.12. The summed E-state index contributed by atoms with van der Waals surface area (Å²) < 4.78 is 11.7. The van der Waals surface area contributed by atoms with E-state index in [0.29, 0.717) is 30.4 Å². The highest BCUT2D eigenvalue weighted by Crippen LogP contribution is 2.42. The number of hydrogen-bond acceptors (Lipinski definition) is 8. The first kappa shape index (κ1) is 21.3. The number of carbonyl (C=O) groups is 1. The van der Waals surface area contributed by atoms with E-state index in [4.69, 9.17) is 25.9 Å². The molecule has 1 fully saturated rings. The number of guanidine groups is 2. The summed E-state index contributed by atoms with van der Waals surface area (Å²) in [5, 5.41) is 0. The number of ether oxygens (including phenoxy) is 2. The molecule has 6 rings (SSSR count). The van der Waals surface area contributed by atoms with Crippen LogP contribution in [0.1, 0.15) is 53.6 Å². The van der Waals surface area contributed by atoms with Gasteiger partial charge in [0.15, 0.2) is 11.5 Å². The lowest BCUT2D eigenvalue weighted by atomic mass is 9.87. The monoisotopic (exact) mass is 524 g/mol. The van der Waals surface area contributed by atoms with Crippen LogP contribution in [0.4, 0.5) is 5.69 Å². The van der Waals surface area contributed by atoms with Gasteiger partial charge in [-0.05, 0) is 61.1 Å². The molecular formula is C24H25BrN6O3. The van der Waals surface area contributed by atoms with Gasteiger partial charge in [0, 0.05) is 28.8 Å². The molecule has 0 saturated heterocycles. The fourth-order valence-corrected chi connectivity index (χ4v) is 5.99. The number of amides is 1. The summed E-state index contributed by atoms with van der Waals surface area (Å²) >= 11 is 3.71. The number of benzene rings is 2. The van der Waals surface area contributed by atoms with Crippen LogP contribution in [0.15, 0.2) is 44.8 Å². The van der Waals surface area contributed by atoms with Gasteiger partial charge in [0.05, 0.1) is 0 Å². The van der Waals surface area contributed by atoms with Crippen LogP contribution < -0.4 is 25.8 Å². The Balaban J connectivity index is 1.32. The average molecular weight is 525 g/mol. The van der Waals surface area contributed by atoms with Gasteiger partial charge < -0.3 is 25.8 Å². The molecule has 0 atom stereocenters. The van der Waals surface area contributed by atoms with Crippen molar-refractivity contribution < 1.29 is 14.3 Å². The van der Waals surface area contributed by atoms with Gasteiger partial charge in [-0.3, -0.25) is 9.69 Å². The van der Waals surface area contributed by atoms with E-state index >= 15 is 0 Å². The zero-order valence-electron chi connectivity index (χ0n) is 18.6. The van der Waals surface area contributed by atoms with Gasteiger partial charge in [-0.2, -0.15) is 4.99 Å². The van der Waals surface area contributed by atoms with Crippen molar-refractivity contribution in [3.63, 3.8) is 0 Å². The van der Waals surface area contributed by atoms with E-state index in [0.717, 1.165) is 59.1 Å². The minimum absolute atomic E-state index is 0.0246. The summed E-state index contributed by atoms with van der Waals surface area (Å²) in [5.41, 5.74) is 15.2. The maximum absolute atomic E-state index is 13.4. The van der Waals surface area contributed by atoms with E-state index in [1.807, 2.05) is 40.1 Å². The summed E-state index contributed by atoms with van der Waals surface area (Å²) in [4.78, 5) is 26.2. The number of halogens is 1. The Labute approximate surface area is 205 Å². The molecule has 1 spiro atoms. The summed E-state index contributed by atoms with van der Waals surface area (Å²) in [6.07, 6.45) is 4.90. The van der Waals surface area contributed by atoms with E-state index < -0.39 is 5.66 Å². The molecule has 176 valence electrons. The lowest BCUT2D eigenvalue weighted by molar-refractivity contribution is 0.0766. The smallest absolute Gasteiger partial charge is 0.254 e. The predicted molar refractivity (Wildman–Crippen MR) is 132 cm³/mol. The Kier molecular flexibility index (Phi) is 4.94. The summed E-state index contributed by atoms with van der Waals surface area (Å²) in [6, 6.07) is 9.70. The fraction of sp³-hybridized carbons (Fsp3) is 0.375.